The van der Waals surface area contributed by atoms with Gasteiger partial charge in [-0.15, -0.1) is 0 Å². The minimum atomic E-state index is 0.368. The highest BCUT2D eigenvalue weighted by atomic mass is 15.1. The molecule has 0 aromatic rings. The van der Waals surface area contributed by atoms with E-state index in [1.54, 1.807) is 0 Å². The van der Waals surface area contributed by atoms with Crippen molar-refractivity contribution < 1.29 is 0 Å². The molecule has 0 saturated heterocycles. The second-order valence-electron chi connectivity index (χ2n) is 4.85. The zero-order valence-electron chi connectivity index (χ0n) is 10.4. The molecule has 0 spiro atoms. The molecule has 14 heavy (non-hydrogen) atoms. The first-order valence-corrected chi connectivity index (χ1v) is 6.00. The van der Waals surface area contributed by atoms with Gasteiger partial charge in [0, 0.05) is 12.6 Å². The summed E-state index contributed by atoms with van der Waals surface area (Å²) >= 11 is 0. The monoisotopic (exact) mass is 200 g/mol. The summed E-state index contributed by atoms with van der Waals surface area (Å²) in [7, 11) is 2.17. The predicted molar refractivity (Wildman–Crippen MR) is 64.5 cm³/mol. The number of nitrogens with two attached hydrogens (primary N) is 1. The third-order valence-electron chi connectivity index (χ3n) is 2.56. The summed E-state index contributed by atoms with van der Waals surface area (Å²) in [5, 5.41) is 0. The van der Waals surface area contributed by atoms with Crippen molar-refractivity contribution in [1.29, 1.82) is 0 Å². The summed E-state index contributed by atoms with van der Waals surface area (Å²) < 4.78 is 0. The molecule has 0 saturated carbocycles. The van der Waals surface area contributed by atoms with Gasteiger partial charge in [-0.2, -0.15) is 0 Å². The summed E-state index contributed by atoms with van der Waals surface area (Å²) in [6.45, 7) is 8.98. The normalized spacial score (nSPS) is 13.9. The number of likely N-dealkylation sites (N-methyl/N-ethyl adjacent to an activating group) is 1. The Bertz CT molecular complexity index is 123. The van der Waals surface area contributed by atoms with Crippen LogP contribution in [0.15, 0.2) is 0 Å². The third-order valence-corrected chi connectivity index (χ3v) is 2.56. The molecule has 0 bridgehead atoms. The lowest BCUT2D eigenvalue weighted by molar-refractivity contribution is 0.285. The van der Waals surface area contributed by atoms with Crippen molar-refractivity contribution in [2.75, 3.05) is 20.1 Å². The zero-order valence-corrected chi connectivity index (χ0v) is 10.4. The molecule has 0 aromatic carbocycles. The summed E-state index contributed by atoms with van der Waals surface area (Å²) in [5.74, 6) is 0.796. The molecule has 86 valence electrons. The maximum absolute atomic E-state index is 6.03. The third kappa shape index (κ3) is 8.52. The molecular weight excluding hydrogens is 172 g/mol. The van der Waals surface area contributed by atoms with Crippen molar-refractivity contribution in [2.24, 2.45) is 11.7 Å². The SMILES string of the molecule is CCCCC(N)CN(C)CCC(C)C. The molecule has 0 rings (SSSR count). The molecule has 0 fully saturated rings. The fraction of sp³-hybridized carbons (Fsp3) is 1.00. The molecular formula is C12H28N2. The lowest BCUT2D eigenvalue weighted by atomic mass is 10.1. The first-order chi connectivity index (χ1) is 6.56. The molecule has 0 heterocycles. The first kappa shape index (κ1) is 13.9. The Kier molecular flexibility index (Phi) is 8.20. The van der Waals surface area contributed by atoms with Crippen LogP contribution >= 0.6 is 0 Å². The predicted octanol–water partition coefficient (Wildman–Crippen LogP) is 2.48. The Morgan fingerprint density at radius 3 is 2.36 bits per heavy atom. The van der Waals surface area contributed by atoms with Gasteiger partial charge in [0.25, 0.3) is 0 Å². The van der Waals surface area contributed by atoms with Crippen LogP contribution in [0.3, 0.4) is 0 Å². The highest BCUT2D eigenvalue weighted by molar-refractivity contribution is 4.66. The van der Waals surface area contributed by atoms with Crippen LogP contribution in [-0.4, -0.2) is 31.1 Å². The molecule has 0 amide bonds. The van der Waals surface area contributed by atoms with Crippen LogP contribution in [0.2, 0.25) is 0 Å². The molecule has 2 heteroatoms. The molecule has 0 aliphatic heterocycles. The van der Waals surface area contributed by atoms with Crippen molar-refractivity contribution >= 4 is 0 Å². The van der Waals surface area contributed by atoms with Crippen molar-refractivity contribution in [3.8, 4) is 0 Å². The van der Waals surface area contributed by atoms with E-state index in [4.69, 9.17) is 5.73 Å². The van der Waals surface area contributed by atoms with Gasteiger partial charge in [0.15, 0.2) is 0 Å². The molecule has 1 atom stereocenters. The fourth-order valence-corrected chi connectivity index (χ4v) is 1.53. The standard InChI is InChI=1S/C12H28N2/c1-5-6-7-12(13)10-14(4)9-8-11(2)3/h11-12H,5-10,13H2,1-4H3. The van der Waals surface area contributed by atoms with Crippen LogP contribution in [0.1, 0.15) is 46.5 Å². The molecule has 0 aliphatic rings. The molecule has 0 radical (unpaired) electrons. The van der Waals surface area contributed by atoms with Crippen LogP contribution in [0.25, 0.3) is 0 Å². The van der Waals surface area contributed by atoms with Crippen molar-refractivity contribution in [3.05, 3.63) is 0 Å². The van der Waals surface area contributed by atoms with Gasteiger partial charge in [0.2, 0.25) is 0 Å². The van der Waals surface area contributed by atoms with Gasteiger partial charge in [-0.1, -0.05) is 33.6 Å². The second kappa shape index (κ2) is 8.25. The van der Waals surface area contributed by atoms with E-state index in [1.807, 2.05) is 0 Å². The Morgan fingerprint density at radius 2 is 1.86 bits per heavy atom. The smallest absolute Gasteiger partial charge is 0.0167 e. The zero-order chi connectivity index (χ0) is 11.0. The average molecular weight is 200 g/mol. The van der Waals surface area contributed by atoms with E-state index in [0.717, 1.165) is 12.5 Å². The van der Waals surface area contributed by atoms with Crippen LogP contribution in [0, 0.1) is 5.92 Å². The maximum atomic E-state index is 6.03. The number of unbranched alkanes of at least 4 members (excludes halogenated alkanes) is 1. The summed E-state index contributed by atoms with van der Waals surface area (Å²) in [5.41, 5.74) is 6.03. The van der Waals surface area contributed by atoms with E-state index in [1.165, 1.54) is 32.2 Å². The van der Waals surface area contributed by atoms with Crippen molar-refractivity contribution in [3.63, 3.8) is 0 Å². The van der Waals surface area contributed by atoms with Crippen LogP contribution in [0.5, 0.6) is 0 Å². The molecule has 2 nitrogen and oxygen atoms in total. The van der Waals surface area contributed by atoms with E-state index < -0.39 is 0 Å². The van der Waals surface area contributed by atoms with E-state index in [-0.39, 0.29) is 0 Å². The highest BCUT2D eigenvalue weighted by Gasteiger charge is 2.06. The van der Waals surface area contributed by atoms with Gasteiger partial charge in [0.05, 0.1) is 0 Å². The minimum absolute atomic E-state index is 0.368. The lowest BCUT2D eigenvalue weighted by Crippen LogP contribution is -2.36. The largest absolute Gasteiger partial charge is 0.327 e. The second-order valence-corrected chi connectivity index (χ2v) is 4.85. The van der Waals surface area contributed by atoms with Gasteiger partial charge in [-0.25, -0.2) is 0 Å². The van der Waals surface area contributed by atoms with E-state index in [2.05, 4.69) is 32.7 Å². The van der Waals surface area contributed by atoms with E-state index in [0.29, 0.717) is 6.04 Å². The average Bonchev–Trinajstić information content (AvgIpc) is 2.11. The van der Waals surface area contributed by atoms with Gasteiger partial charge in [-0.3, -0.25) is 0 Å². The highest BCUT2D eigenvalue weighted by Crippen LogP contribution is 2.03. The molecule has 0 aliphatic carbocycles. The van der Waals surface area contributed by atoms with Gasteiger partial charge < -0.3 is 10.6 Å². The van der Waals surface area contributed by atoms with Crippen molar-refractivity contribution in [2.45, 2.75) is 52.5 Å². The number of hydrogen-bond acceptors (Lipinski definition) is 2. The quantitative estimate of drug-likeness (QED) is 0.652. The Labute approximate surface area is 89.9 Å². The van der Waals surface area contributed by atoms with Crippen LogP contribution < -0.4 is 5.73 Å². The topological polar surface area (TPSA) is 29.3 Å². The number of rotatable bonds is 8. The minimum Gasteiger partial charge on any atom is -0.327 e. The van der Waals surface area contributed by atoms with Gasteiger partial charge >= 0.3 is 0 Å². The van der Waals surface area contributed by atoms with Crippen LogP contribution in [0.4, 0.5) is 0 Å². The van der Waals surface area contributed by atoms with Crippen LogP contribution in [-0.2, 0) is 0 Å². The van der Waals surface area contributed by atoms with Gasteiger partial charge in [0.1, 0.15) is 0 Å². The Hall–Kier alpha value is -0.0800. The first-order valence-electron chi connectivity index (χ1n) is 6.00. The Morgan fingerprint density at radius 1 is 1.21 bits per heavy atom. The Balaban J connectivity index is 3.44. The number of hydrogen-bond donors (Lipinski definition) is 1. The molecule has 2 N–H and O–H groups in total. The maximum Gasteiger partial charge on any atom is 0.0167 e. The van der Waals surface area contributed by atoms with Crippen molar-refractivity contribution in [1.82, 2.24) is 4.90 Å². The lowest BCUT2D eigenvalue weighted by Gasteiger charge is -2.21. The summed E-state index contributed by atoms with van der Waals surface area (Å²) in [6.07, 6.45) is 4.96. The molecule has 0 aromatic heterocycles. The van der Waals surface area contributed by atoms with Gasteiger partial charge in [-0.05, 0) is 32.4 Å². The fourth-order valence-electron chi connectivity index (χ4n) is 1.53. The van der Waals surface area contributed by atoms with E-state index >= 15 is 0 Å². The van der Waals surface area contributed by atoms with E-state index in [9.17, 15) is 0 Å². The molecule has 1 unspecified atom stereocenters. The summed E-state index contributed by atoms with van der Waals surface area (Å²) in [6, 6.07) is 0.368. The summed E-state index contributed by atoms with van der Waals surface area (Å²) in [4.78, 5) is 2.36. The number of nitrogens with zero attached hydrogens (tertiary/aromatic N) is 1.